The fraction of sp³-hybridized carbons (Fsp3) is 0.882. The molecule has 1 saturated heterocycles. The largest absolute Gasteiger partial charge is 0.378 e. The smallest absolute Gasteiger partial charge is 0.0814 e. The van der Waals surface area contributed by atoms with Gasteiger partial charge in [0.05, 0.1) is 18.8 Å². The quantitative estimate of drug-likeness (QED) is 0.694. The fourth-order valence-corrected chi connectivity index (χ4v) is 3.72. The van der Waals surface area contributed by atoms with Crippen molar-refractivity contribution in [2.45, 2.75) is 64.6 Å². The Bertz CT molecular complexity index is 266. The van der Waals surface area contributed by atoms with Crippen LogP contribution in [0.5, 0.6) is 0 Å². The highest BCUT2D eigenvalue weighted by Gasteiger charge is 2.25. The Kier molecular flexibility index (Phi) is 5.90. The molecule has 1 saturated carbocycles. The van der Waals surface area contributed by atoms with Gasteiger partial charge < -0.3 is 9.47 Å². The Balaban J connectivity index is 1.64. The summed E-state index contributed by atoms with van der Waals surface area (Å²) in [4.78, 5) is 0. The summed E-state index contributed by atoms with van der Waals surface area (Å²) >= 11 is 0. The van der Waals surface area contributed by atoms with E-state index < -0.39 is 0 Å². The first-order valence-electron chi connectivity index (χ1n) is 8.03. The SMILES string of the molecule is C=CC1CCCC(COCC2CC(C)CC(C)O2)C1. The van der Waals surface area contributed by atoms with Crippen molar-refractivity contribution >= 4 is 0 Å². The summed E-state index contributed by atoms with van der Waals surface area (Å²) in [6.45, 7) is 10.1. The molecule has 0 aromatic heterocycles. The Morgan fingerprint density at radius 1 is 1.16 bits per heavy atom. The molecule has 2 aliphatic rings. The predicted octanol–water partition coefficient (Wildman–Crippen LogP) is 4.20. The summed E-state index contributed by atoms with van der Waals surface area (Å²) in [5.41, 5.74) is 0. The molecule has 2 nitrogen and oxygen atoms in total. The van der Waals surface area contributed by atoms with Crippen molar-refractivity contribution in [3.8, 4) is 0 Å². The van der Waals surface area contributed by atoms with Crippen molar-refractivity contribution < 1.29 is 9.47 Å². The molecule has 0 aromatic rings. The standard InChI is InChI=1S/C17H30O2/c1-4-15-6-5-7-16(10-15)11-18-12-17-9-13(2)8-14(3)19-17/h4,13-17H,1,5-12H2,2-3H3. The lowest BCUT2D eigenvalue weighted by molar-refractivity contribution is -0.0976. The second kappa shape index (κ2) is 7.44. The van der Waals surface area contributed by atoms with Crippen LogP contribution in [0.15, 0.2) is 12.7 Å². The molecule has 0 N–H and O–H groups in total. The summed E-state index contributed by atoms with van der Waals surface area (Å²) in [5, 5.41) is 0. The Morgan fingerprint density at radius 2 is 2.00 bits per heavy atom. The van der Waals surface area contributed by atoms with Gasteiger partial charge in [0.2, 0.25) is 0 Å². The monoisotopic (exact) mass is 266 g/mol. The Hall–Kier alpha value is -0.340. The van der Waals surface area contributed by atoms with E-state index in [9.17, 15) is 0 Å². The third kappa shape index (κ3) is 4.92. The lowest BCUT2D eigenvalue weighted by atomic mass is 9.82. The van der Waals surface area contributed by atoms with Gasteiger partial charge in [0.15, 0.2) is 0 Å². The highest BCUT2D eigenvalue weighted by Crippen LogP contribution is 2.30. The summed E-state index contributed by atoms with van der Waals surface area (Å²) in [6.07, 6.45) is 10.4. The van der Waals surface area contributed by atoms with Gasteiger partial charge in [-0.1, -0.05) is 19.4 Å². The maximum atomic E-state index is 5.95. The van der Waals surface area contributed by atoms with Crippen LogP contribution in [-0.4, -0.2) is 25.4 Å². The minimum absolute atomic E-state index is 0.317. The van der Waals surface area contributed by atoms with Crippen LogP contribution in [0, 0.1) is 17.8 Å². The summed E-state index contributed by atoms with van der Waals surface area (Å²) in [5.74, 6) is 2.22. The van der Waals surface area contributed by atoms with E-state index in [0.717, 1.165) is 31.5 Å². The van der Waals surface area contributed by atoms with Gasteiger partial charge in [0, 0.05) is 6.61 Å². The number of ether oxygens (including phenoxy) is 2. The average molecular weight is 266 g/mol. The zero-order chi connectivity index (χ0) is 13.7. The van der Waals surface area contributed by atoms with Gasteiger partial charge >= 0.3 is 0 Å². The molecule has 0 bridgehead atoms. The molecule has 1 heterocycles. The Morgan fingerprint density at radius 3 is 2.74 bits per heavy atom. The predicted molar refractivity (Wildman–Crippen MR) is 79.2 cm³/mol. The van der Waals surface area contributed by atoms with E-state index in [1.54, 1.807) is 0 Å². The molecular formula is C17H30O2. The first-order chi connectivity index (χ1) is 9.17. The van der Waals surface area contributed by atoms with Crippen LogP contribution < -0.4 is 0 Å². The highest BCUT2D eigenvalue weighted by molar-refractivity contribution is 4.84. The van der Waals surface area contributed by atoms with Gasteiger partial charge in [-0.15, -0.1) is 6.58 Å². The normalized spacial score (nSPS) is 40.0. The minimum atomic E-state index is 0.317. The second-order valence-corrected chi connectivity index (χ2v) is 6.71. The van der Waals surface area contributed by atoms with E-state index in [1.165, 1.54) is 32.1 Å². The van der Waals surface area contributed by atoms with Gasteiger partial charge in [0.25, 0.3) is 0 Å². The second-order valence-electron chi connectivity index (χ2n) is 6.71. The van der Waals surface area contributed by atoms with Crippen LogP contribution in [0.4, 0.5) is 0 Å². The maximum absolute atomic E-state index is 5.95. The van der Waals surface area contributed by atoms with E-state index in [4.69, 9.17) is 9.47 Å². The van der Waals surface area contributed by atoms with Gasteiger partial charge in [-0.05, 0) is 56.8 Å². The van der Waals surface area contributed by atoms with Gasteiger partial charge in [-0.3, -0.25) is 0 Å². The van der Waals surface area contributed by atoms with Gasteiger partial charge in [-0.25, -0.2) is 0 Å². The molecule has 5 atom stereocenters. The summed E-state index contributed by atoms with van der Waals surface area (Å²) in [6, 6.07) is 0. The zero-order valence-electron chi connectivity index (χ0n) is 12.6. The van der Waals surface area contributed by atoms with E-state index in [0.29, 0.717) is 18.1 Å². The van der Waals surface area contributed by atoms with Crippen molar-refractivity contribution in [2.24, 2.45) is 17.8 Å². The molecule has 0 aromatic carbocycles. The van der Waals surface area contributed by atoms with Crippen LogP contribution in [0.2, 0.25) is 0 Å². The number of hydrogen-bond acceptors (Lipinski definition) is 2. The highest BCUT2D eigenvalue weighted by atomic mass is 16.5. The summed E-state index contributed by atoms with van der Waals surface area (Å²) < 4.78 is 11.9. The van der Waals surface area contributed by atoms with E-state index in [2.05, 4.69) is 26.5 Å². The topological polar surface area (TPSA) is 18.5 Å². The van der Waals surface area contributed by atoms with E-state index in [-0.39, 0.29) is 0 Å². The van der Waals surface area contributed by atoms with Crippen molar-refractivity contribution in [2.75, 3.05) is 13.2 Å². The number of allylic oxidation sites excluding steroid dienone is 1. The molecule has 2 fully saturated rings. The van der Waals surface area contributed by atoms with Crippen molar-refractivity contribution in [3.05, 3.63) is 12.7 Å². The van der Waals surface area contributed by atoms with Crippen LogP contribution >= 0.6 is 0 Å². The van der Waals surface area contributed by atoms with Gasteiger partial charge in [-0.2, -0.15) is 0 Å². The van der Waals surface area contributed by atoms with Gasteiger partial charge in [0.1, 0.15) is 0 Å². The van der Waals surface area contributed by atoms with E-state index >= 15 is 0 Å². The molecular weight excluding hydrogens is 236 g/mol. The molecule has 2 rings (SSSR count). The van der Waals surface area contributed by atoms with Crippen molar-refractivity contribution in [1.82, 2.24) is 0 Å². The van der Waals surface area contributed by atoms with Crippen LogP contribution in [0.1, 0.15) is 52.4 Å². The Labute approximate surface area is 118 Å². The third-order valence-electron chi connectivity index (χ3n) is 4.64. The van der Waals surface area contributed by atoms with E-state index in [1.807, 2.05) is 0 Å². The lowest BCUT2D eigenvalue weighted by Gasteiger charge is -2.33. The van der Waals surface area contributed by atoms with Crippen molar-refractivity contribution in [3.63, 3.8) is 0 Å². The molecule has 19 heavy (non-hydrogen) atoms. The molecule has 0 radical (unpaired) electrons. The van der Waals surface area contributed by atoms with Crippen molar-refractivity contribution in [1.29, 1.82) is 0 Å². The first-order valence-corrected chi connectivity index (χ1v) is 8.03. The zero-order valence-corrected chi connectivity index (χ0v) is 12.6. The third-order valence-corrected chi connectivity index (χ3v) is 4.64. The van der Waals surface area contributed by atoms with Crippen LogP contribution in [-0.2, 0) is 9.47 Å². The number of rotatable bonds is 5. The summed E-state index contributed by atoms with van der Waals surface area (Å²) in [7, 11) is 0. The maximum Gasteiger partial charge on any atom is 0.0814 e. The molecule has 0 spiro atoms. The molecule has 5 unspecified atom stereocenters. The van der Waals surface area contributed by atoms with Crippen LogP contribution in [0.3, 0.4) is 0 Å². The molecule has 2 heteroatoms. The lowest BCUT2D eigenvalue weighted by Crippen LogP contribution is -2.34. The molecule has 1 aliphatic heterocycles. The minimum Gasteiger partial charge on any atom is -0.378 e. The fourth-order valence-electron chi connectivity index (χ4n) is 3.72. The first kappa shape index (κ1) is 15.1. The molecule has 0 amide bonds. The average Bonchev–Trinajstić information content (AvgIpc) is 2.38. The molecule has 1 aliphatic carbocycles. The van der Waals surface area contributed by atoms with Crippen LogP contribution in [0.25, 0.3) is 0 Å². The molecule has 110 valence electrons. The number of hydrogen-bond donors (Lipinski definition) is 0.